The van der Waals surface area contributed by atoms with Gasteiger partial charge in [-0.15, -0.1) is 9.24 Å². The van der Waals surface area contributed by atoms with Crippen LogP contribution in [0.25, 0.3) is 0 Å². The standard InChI is InChI=1S/C6H13P.2BrH/c7-6-4-2-1-3-5-6;;/h6H,1-5,7H2;2*1H/p-2. The quantitative estimate of drug-likeness (QED) is 0.398. The Hall–Kier alpha value is 1.39. The van der Waals surface area contributed by atoms with E-state index in [0.717, 1.165) is 5.66 Å². The topological polar surface area (TPSA) is 0 Å². The maximum atomic E-state index is 2.91. The first-order valence-corrected chi connectivity index (χ1v) is 3.82. The molecule has 0 aromatic carbocycles. The summed E-state index contributed by atoms with van der Waals surface area (Å²) >= 11 is 0. The summed E-state index contributed by atoms with van der Waals surface area (Å²) in [6, 6.07) is 0. The summed E-state index contributed by atoms with van der Waals surface area (Å²) in [7, 11) is 2.91. The first-order valence-electron chi connectivity index (χ1n) is 3.15. The average molecular weight is 276 g/mol. The Kier molecular flexibility index (Phi) is 10.8. The fourth-order valence-electron chi connectivity index (χ4n) is 1.13. The Balaban J connectivity index is 0. The zero-order valence-corrected chi connectivity index (χ0v) is 9.77. The van der Waals surface area contributed by atoms with Crippen molar-refractivity contribution in [2.45, 2.75) is 37.8 Å². The van der Waals surface area contributed by atoms with Crippen LogP contribution in [0.2, 0.25) is 0 Å². The molecule has 1 atom stereocenters. The maximum Gasteiger partial charge on any atom is -0.0264 e. The number of hydrogen-bond acceptors (Lipinski definition) is 0. The van der Waals surface area contributed by atoms with Crippen LogP contribution in [0.5, 0.6) is 0 Å². The van der Waals surface area contributed by atoms with E-state index in [4.69, 9.17) is 0 Å². The lowest BCUT2D eigenvalue weighted by molar-refractivity contribution is -0.001000. The van der Waals surface area contributed by atoms with Crippen LogP contribution in [-0.4, -0.2) is 5.66 Å². The summed E-state index contributed by atoms with van der Waals surface area (Å²) < 4.78 is 0. The molecule has 1 aliphatic rings. The zero-order chi connectivity index (χ0) is 5.11. The van der Waals surface area contributed by atoms with Gasteiger partial charge in [0.05, 0.1) is 0 Å². The number of rotatable bonds is 0. The highest BCUT2D eigenvalue weighted by Crippen LogP contribution is 2.23. The van der Waals surface area contributed by atoms with Crippen molar-refractivity contribution in [1.82, 2.24) is 0 Å². The summed E-state index contributed by atoms with van der Waals surface area (Å²) in [5.41, 5.74) is 0.953. The van der Waals surface area contributed by atoms with Gasteiger partial charge in [-0.1, -0.05) is 19.3 Å². The molecule has 3 heteroatoms. The monoisotopic (exact) mass is 274 g/mol. The number of hydrogen-bond donors (Lipinski definition) is 0. The minimum Gasteiger partial charge on any atom is -1.00 e. The summed E-state index contributed by atoms with van der Waals surface area (Å²) in [6.45, 7) is 0. The highest BCUT2D eigenvalue weighted by molar-refractivity contribution is 7.17. The predicted molar refractivity (Wildman–Crippen MR) is 36.6 cm³/mol. The molecular weight excluding hydrogens is 263 g/mol. The fourth-order valence-corrected chi connectivity index (χ4v) is 1.61. The molecule has 9 heavy (non-hydrogen) atoms. The Morgan fingerprint density at radius 3 is 1.56 bits per heavy atom. The molecule has 1 rings (SSSR count). The van der Waals surface area contributed by atoms with Crippen molar-refractivity contribution < 1.29 is 34.0 Å². The summed E-state index contributed by atoms with van der Waals surface area (Å²) in [5.74, 6) is 0. The molecule has 1 saturated carbocycles. The Bertz CT molecular complexity index is 53.0. The molecule has 0 spiro atoms. The first kappa shape index (κ1) is 13.0. The molecule has 0 radical (unpaired) electrons. The smallest absolute Gasteiger partial charge is 0.0264 e. The summed E-state index contributed by atoms with van der Waals surface area (Å²) in [6.07, 6.45) is 7.31. The molecule has 0 aliphatic heterocycles. The molecule has 0 amide bonds. The van der Waals surface area contributed by atoms with Gasteiger partial charge in [0.25, 0.3) is 0 Å². The third-order valence-corrected chi connectivity index (χ3v) is 2.32. The molecule has 1 fully saturated rings. The minimum absolute atomic E-state index is 0. The van der Waals surface area contributed by atoms with Gasteiger partial charge in [0.15, 0.2) is 0 Å². The third-order valence-electron chi connectivity index (χ3n) is 1.65. The summed E-state index contributed by atoms with van der Waals surface area (Å²) in [4.78, 5) is 0. The minimum atomic E-state index is 0. The van der Waals surface area contributed by atoms with E-state index >= 15 is 0 Å². The average Bonchev–Trinajstić information content (AvgIpc) is 1.69. The molecular formula is C6H13Br2P-2. The summed E-state index contributed by atoms with van der Waals surface area (Å²) in [5, 5.41) is 0. The van der Waals surface area contributed by atoms with Gasteiger partial charge in [0.1, 0.15) is 0 Å². The SMILES string of the molecule is PC1CCCCC1.[Br-].[Br-]. The van der Waals surface area contributed by atoms with E-state index in [2.05, 4.69) is 9.24 Å². The molecule has 58 valence electrons. The Morgan fingerprint density at radius 1 is 0.889 bits per heavy atom. The molecule has 0 aromatic heterocycles. The Morgan fingerprint density at radius 2 is 1.33 bits per heavy atom. The molecule has 0 bridgehead atoms. The molecule has 0 saturated heterocycles. The van der Waals surface area contributed by atoms with E-state index in [1.165, 1.54) is 32.1 Å². The number of halogens is 2. The van der Waals surface area contributed by atoms with Crippen molar-refractivity contribution in [1.29, 1.82) is 0 Å². The molecule has 1 unspecified atom stereocenters. The fraction of sp³-hybridized carbons (Fsp3) is 1.00. The van der Waals surface area contributed by atoms with Crippen LogP contribution >= 0.6 is 9.24 Å². The first-order chi connectivity index (χ1) is 3.39. The van der Waals surface area contributed by atoms with Crippen molar-refractivity contribution in [3.63, 3.8) is 0 Å². The van der Waals surface area contributed by atoms with Gasteiger partial charge in [0.2, 0.25) is 0 Å². The third kappa shape index (κ3) is 5.82. The van der Waals surface area contributed by atoms with Crippen LogP contribution in [0.15, 0.2) is 0 Å². The zero-order valence-electron chi connectivity index (χ0n) is 5.45. The lowest BCUT2D eigenvalue weighted by atomic mass is 10.0. The van der Waals surface area contributed by atoms with Crippen molar-refractivity contribution >= 4 is 9.24 Å². The second-order valence-corrected chi connectivity index (χ2v) is 3.34. The highest BCUT2D eigenvalue weighted by atomic mass is 79.9. The van der Waals surface area contributed by atoms with Gasteiger partial charge in [-0.2, -0.15) is 0 Å². The van der Waals surface area contributed by atoms with E-state index in [1.807, 2.05) is 0 Å². The normalized spacial score (nSPS) is 19.7. The van der Waals surface area contributed by atoms with E-state index in [1.54, 1.807) is 0 Å². The Labute approximate surface area is 80.9 Å². The van der Waals surface area contributed by atoms with Crippen molar-refractivity contribution in [2.24, 2.45) is 0 Å². The van der Waals surface area contributed by atoms with E-state index < -0.39 is 0 Å². The lowest BCUT2D eigenvalue weighted by Crippen LogP contribution is -3.00. The van der Waals surface area contributed by atoms with Gasteiger partial charge >= 0.3 is 0 Å². The van der Waals surface area contributed by atoms with Crippen LogP contribution in [0.1, 0.15) is 32.1 Å². The molecule has 0 aromatic rings. The second-order valence-electron chi connectivity index (χ2n) is 2.40. The predicted octanol–water partition coefficient (Wildman–Crippen LogP) is -3.80. The second kappa shape index (κ2) is 7.50. The van der Waals surface area contributed by atoms with E-state index in [0.29, 0.717) is 0 Å². The lowest BCUT2D eigenvalue weighted by Gasteiger charge is -2.15. The molecule has 0 heterocycles. The van der Waals surface area contributed by atoms with E-state index in [-0.39, 0.29) is 34.0 Å². The van der Waals surface area contributed by atoms with Gasteiger partial charge in [-0.05, 0) is 18.5 Å². The van der Waals surface area contributed by atoms with Gasteiger partial charge in [-0.25, -0.2) is 0 Å². The van der Waals surface area contributed by atoms with Crippen molar-refractivity contribution in [3.05, 3.63) is 0 Å². The van der Waals surface area contributed by atoms with Crippen LogP contribution in [0.3, 0.4) is 0 Å². The van der Waals surface area contributed by atoms with E-state index in [9.17, 15) is 0 Å². The molecule has 1 aliphatic carbocycles. The van der Waals surface area contributed by atoms with Crippen LogP contribution in [0.4, 0.5) is 0 Å². The van der Waals surface area contributed by atoms with Crippen LogP contribution in [-0.2, 0) is 0 Å². The van der Waals surface area contributed by atoms with Gasteiger partial charge in [-0.3, -0.25) is 0 Å². The molecule has 0 N–H and O–H groups in total. The highest BCUT2D eigenvalue weighted by Gasteiger charge is 2.06. The largest absolute Gasteiger partial charge is 1.00 e. The van der Waals surface area contributed by atoms with Crippen LogP contribution < -0.4 is 34.0 Å². The van der Waals surface area contributed by atoms with Gasteiger partial charge < -0.3 is 34.0 Å². The van der Waals surface area contributed by atoms with Crippen molar-refractivity contribution in [3.8, 4) is 0 Å². The maximum absolute atomic E-state index is 2.91. The van der Waals surface area contributed by atoms with Crippen molar-refractivity contribution in [2.75, 3.05) is 0 Å². The van der Waals surface area contributed by atoms with Gasteiger partial charge in [0, 0.05) is 0 Å². The molecule has 0 nitrogen and oxygen atoms in total. The van der Waals surface area contributed by atoms with Crippen LogP contribution in [0, 0.1) is 0 Å².